The van der Waals surface area contributed by atoms with Gasteiger partial charge >= 0.3 is 0 Å². The summed E-state index contributed by atoms with van der Waals surface area (Å²) < 4.78 is 28.0. The van der Waals surface area contributed by atoms with E-state index < -0.39 is 10.0 Å². The smallest absolute Gasteiger partial charge is 0.240 e. The van der Waals surface area contributed by atoms with Crippen molar-refractivity contribution in [2.45, 2.75) is 38.1 Å². The zero-order valence-corrected chi connectivity index (χ0v) is 16.3. The van der Waals surface area contributed by atoms with Gasteiger partial charge in [0, 0.05) is 25.5 Å². The predicted molar refractivity (Wildman–Crippen MR) is 103 cm³/mol. The Morgan fingerprint density at radius 2 is 1.96 bits per heavy atom. The average molecular weight is 374 g/mol. The summed E-state index contributed by atoms with van der Waals surface area (Å²) in [5.74, 6) is 0.390. The van der Waals surface area contributed by atoms with E-state index in [0.717, 1.165) is 43.6 Å². The van der Waals surface area contributed by atoms with E-state index in [1.54, 1.807) is 12.3 Å². The van der Waals surface area contributed by atoms with Crippen molar-refractivity contribution in [1.29, 1.82) is 0 Å². The van der Waals surface area contributed by atoms with Gasteiger partial charge in [0.05, 0.1) is 4.90 Å². The van der Waals surface area contributed by atoms with E-state index in [4.69, 9.17) is 0 Å². The molecule has 1 saturated heterocycles. The number of sulfonamides is 1. The monoisotopic (exact) mass is 373 g/mol. The number of nitrogens with one attached hydrogen (secondary N) is 1. The van der Waals surface area contributed by atoms with E-state index in [1.165, 1.54) is 5.56 Å². The number of hydrogen-bond acceptors (Lipinski definition) is 4. The maximum Gasteiger partial charge on any atom is 0.240 e. The van der Waals surface area contributed by atoms with Crippen LogP contribution in [0.3, 0.4) is 0 Å². The molecule has 2 heterocycles. The Kier molecular flexibility index (Phi) is 6.06. The Balaban J connectivity index is 1.50. The van der Waals surface area contributed by atoms with E-state index in [1.807, 2.05) is 38.2 Å². The molecule has 26 heavy (non-hydrogen) atoms. The normalized spacial score (nSPS) is 16.7. The Bertz CT molecular complexity index is 829. The highest BCUT2D eigenvalue weighted by atomic mass is 32.2. The lowest BCUT2D eigenvalue weighted by molar-refractivity contribution is 0.178. The van der Waals surface area contributed by atoms with Crippen LogP contribution < -0.4 is 4.72 Å². The lowest BCUT2D eigenvalue weighted by Gasteiger charge is -2.32. The molecule has 3 rings (SSSR count). The summed E-state index contributed by atoms with van der Waals surface area (Å²) >= 11 is 0. The maximum absolute atomic E-state index is 12.6. The number of benzene rings is 1. The SMILES string of the molecule is Cc1ccc(S(=O)(=O)NCC2CCN(Cc3cccnc3)CC2)c(C)c1. The number of likely N-dealkylation sites (tertiary alicyclic amines) is 1. The summed E-state index contributed by atoms with van der Waals surface area (Å²) in [5, 5.41) is 0. The standard InChI is InChI=1S/C20H27N3O2S/c1-16-5-6-20(17(2)12-16)26(24,25)22-14-18-7-10-23(11-8-18)15-19-4-3-9-21-13-19/h3-6,9,12-13,18,22H,7-8,10-11,14-15H2,1-2H3. The number of aromatic nitrogens is 1. The van der Waals surface area contributed by atoms with Crippen LogP contribution in [-0.2, 0) is 16.6 Å². The number of piperidine rings is 1. The fourth-order valence-corrected chi connectivity index (χ4v) is 4.85. The number of hydrogen-bond donors (Lipinski definition) is 1. The molecule has 0 bridgehead atoms. The fraction of sp³-hybridized carbons (Fsp3) is 0.450. The molecule has 140 valence electrons. The van der Waals surface area contributed by atoms with E-state index in [2.05, 4.69) is 20.7 Å². The molecule has 1 aromatic carbocycles. The van der Waals surface area contributed by atoms with Crippen LogP contribution in [-0.4, -0.2) is 37.9 Å². The van der Waals surface area contributed by atoms with Gasteiger partial charge in [0.1, 0.15) is 0 Å². The Morgan fingerprint density at radius 1 is 1.19 bits per heavy atom. The van der Waals surface area contributed by atoms with Crippen LogP contribution >= 0.6 is 0 Å². The minimum atomic E-state index is -3.44. The first-order valence-corrected chi connectivity index (χ1v) is 10.6. The van der Waals surface area contributed by atoms with E-state index in [9.17, 15) is 8.42 Å². The van der Waals surface area contributed by atoms with Crippen LogP contribution in [0.4, 0.5) is 0 Å². The Labute approximate surface area is 156 Å². The molecule has 1 fully saturated rings. The molecular formula is C20H27N3O2S. The van der Waals surface area contributed by atoms with Gasteiger partial charge in [0.15, 0.2) is 0 Å². The van der Waals surface area contributed by atoms with Crippen LogP contribution in [0.5, 0.6) is 0 Å². The van der Waals surface area contributed by atoms with Gasteiger partial charge in [-0.2, -0.15) is 0 Å². The molecule has 0 radical (unpaired) electrons. The van der Waals surface area contributed by atoms with Crippen molar-refractivity contribution in [3.63, 3.8) is 0 Å². The van der Waals surface area contributed by atoms with Crippen molar-refractivity contribution < 1.29 is 8.42 Å². The number of pyridine rings is 1. The number of rotatable bonds is 6. The zero-order valence-electron chi connectivity index (χ0n) is 15.5. The van der Waals surface area contributed by atoms with Crippen molar-refractivity contribution in [2.24, 2.45) is 5.92 Å². The topological polar surface area (TPSA) is 62.3 Å². The molecule has 0 unspecified atom stereocenters. The van der Waals surface area contributed by atoms with Gasteiger partial charge in [-0.05, 0) is 69.0 Å². The molecule has 2 aromatic rings. The Hall–Kier alpha value is -1.76. The summed E-state index contributed by atoms with van der Waals surface area (Å²) in [7, 11) is -3.44. The van der Waals surface area contributed by atoms with Crippen molar-refractivity contribution in [2.75, 3.05) is 19.6 Å². The lowest BCUT2D eigenvalue weighted by Crippen LogP contribution is -2.38. The minimum absolute atomic E-state index is 0.386. The van der Waals surface area contributed by atoms with Crippen molar-refractivity contribution >= 4 is 10.0 Å². The van der Waals surface area contributed by atoms with Crippen LogP contribution in [0.2, 0.25) is 0 Å². The third-order valence-electron chi connectivity index (χ3n) is 5.02. The highest BCUT2D eigenvalue weighted by molar-refractivity contribution is 7.89. The lowest BCUT2D eigenvalue weighted by atomic mass is 9.97. The molecule has 1 N–H and O–H groups in total. The second kappa shape index (κ2) is 8.29. The van der Waals surface area contributed by atoms with Gasteiger partial charge < -0.3 is 0 Å². The second-order valence-electron chi connectivity index (χ2n) is 7.20. The quantitative estimate of drug-likeness (QED) is 0.846. The number of aryl methyl sites for hydroxylation is 2. The molecule has 0 amide bonds. The largest absolute Gasteiger partial charge is 0.299 e. The first-order chi connectivity index (χ1) is 12.4. The summed E-state index contributed by atoms with van der Waals surface area (Å²) in [4.78, 5) is 6.95. The van der Waals surface area contributed by atoms with Crippen LogP contribution in [0.1, 0.15) is 29.5 Å². The van der Waals surface area contributed by atoms with E-state index in [-0.39, 0.29) is 0 Å². The van der Waals surface area contributed by atoms with Crippen LogP contribution in [0.25, 0.3) is 0 Å². The molecule has 0 aliphatic carbocycles. The van der Waals surface area contributed by atoms with Gasteiger partial charge in [0.25, 0.3) is 0 Å². The average Bonchev–Trinajstić information content (AvgIpc) is 2.62. The molecule has 1 aliphatic heterocycles. The number of nitrogens with zero attached hydrogens (tertiary/aromatic N) is 2. The van der Waals surface area contributed by atoms with Gasteiger partial charge in [0.2, 0.25) is 10.0 Å². The van der Waals surface area contributed by atoms with Gasteiger partial charge in [-0.25, -0.2) is 13.1 Å². The molecule has 0 saturated carbocycles. The van der Waals surface area contributed by atoms with Crippen LogP contribution in [0, 0.1) is 19.8 Å². The maximum atomic E-state index is 12.6. The highest BCUT2D eigenvalue weighted by Crippen LogP contribution is 2.20. The summed E-state index contributed by atoms with van der Waals surface area (Å²) in [5.41, 5.74) is 3.09. The zero-order chi connectivity index (χ0) is 18.6. The molecule has 6 heteroatoms. The Morgan fingerprint density at radius 3 is 2.62 bits per heavy atom. The van der Waals surface area contributed by atoms with Crippen molar-refractivity contribution in [3.8, 4) is 0 Å². The molecule has 0 atom stereocenters. The first-order valence-electron chi connectivity index (χ1n) is 9.12. The third kappa shape index (κ3) is 4.90. The molecular weight excluding hydrogens is 346 g/mol. The third-order valence-corrected chi connectivity index (χ3v) is 6.60. The minimum Gasteiger partial charge on any atom is -0.299 e. The van der Waals surface area contributed by atoms with Gasteiger partial charge in [-0.3, -0.25) is 9.88 Å². The first kappa shape index (κ1) is 19.0. The summed E-state index contributed by atoms with van der Waals surface area (Å²) in [6, 6.07) is 9.51. The molecule has 1 aliphatic rings. The molecule has 5 nitrogen and oxygen atoms in total. The van der Waals surface area contributed by atoms with Crippen molar-refractivity contribution in [1.82, 2.24) is 14.6 Å². The fourth-order valence-electron chi connectivity index (χ4n) is 3.50. The van der Waals surface area contributed by atoms with Gasteiger partial charge in [-0.1, -0.05) is 23.8 Å². The van der Waals surface area contributed by atoms with E-state index in [0.29, 0.717) is 17.4 Å². The second-order valence-corrected chi connectivity index (χ2v) is 8.94. The van der Waals surface area contributed by atoms with Crippen LogP contribution in [0.15, 0.2) is 47.6 Å². The van der Waals surface area contributed by atoms with Crippen molar-refractivity contribution in [3.05, 3.63) is 59.4 Å². The summed E-state index contributed by atoms with van der Waals surface area (Å²) in [6.45, 7) is 7.22. The van der Waals surface area contributed by atoms with E-state index >= 15 is 0 Å². The predicted octanol–water partition coefficient (Wildman–Crippen LogP) is 2.89. The van der Waals surface area contributed by atoms with Gasteiger partial charge in [-0.15, -0.1) is 0 Å². The highest BCUT2D eigenvalue weighted by Gasteiger charge is 2.22. The molecule has 1 aromatic heterocycles. The molecule has 0 spiro atoms. The summed E-state index contributed by atoms with van der Waals surface area (Å²) in [6.07, 6.45) is 5.72.